The van der Waals surface area contributed by atoms with E-state index in [1.54, 1.807) is 0 Å². The number of methoxy groups -OCH3 is 1. The van der Waals surface area contributed by atoms with Crippen molar-refractivity contribution in [1.82, 2.24) is 10.6 Å². The first kappa shape index (κ1) is 18.9. The summed E-state index contributed by atoms with van der Waals surface area (Å²) in [6.45, 7) is 9.21. The lowest BCUT2D eigenvalue weighted by Crippen LogP contribution is -2.48. The summed E-state index contributed by atoms with van der Waals surface area (Å²) >= 11 is 0. The molecule has 1 amide bonds. The Labute approximate surface area is 122 Å². The zero-order valence-corrected chi connectivity index (χ0v) is 13.5. The molecule has 0 radical (unpaired) electrons. The SMILES string of the molecule is CCCCCC(C)(C)CNCC(NC(C)=O)C(=O)OC. The molecular weight excluding hydrogens is 256 g/mol. The summed E-state index contributed by atoms with van der Waals surface area (Å²) in [5.41, 5.74) is 0.187. The van der Waals surface area contributed by atoms with Crippen LogP contribution >= 0.6 is 0 Å². The Balaban J connectivity index is 4.14. The number of ether oxygens (including phenoxy) is 1. The van der Waals surface area contributed by atoms with E-state index in [0.29, 0.717) is 6.54 Å². The molecule has 0 fully saturated rings. The van der Waals surface area contributed by atoms with Crippen LogP contribution in [0.5, 0.6) is 0 Å². The molecule has 2 N–H and O–H groups in total. The van der Waals surface area contributed by atoms with Gasteiger partial charge in [-0.25, -0.2) is 4.79 Å². The Morgan fingerprint density at radius 3 is 2.40 bits per heavy atom. The van der Waals surface area contributed by atoms with E-state index in [1.807, 2.05) is 0 Å². The largest absolute Gasteiger partial charge is 0.467 e. The molecule has 5 heteroatoms. The van der Waals surface area contributed by atoms with Crippen molar-refractivity contribution in [3.8, 4) is 0 Å². The highest BCUT2D eigenvalue weighted by atomic mass is 16.5. The third kappa shape index (κ3) is 8.91. The zero-order valence-electron chi connectivity index (χ0n) is 13.5. The second-order valence-electron chi connectivity index (χ2n) is 6.03. The monoisotopic (exact) mass is 286 g/mol. The summed E-state index contributed by atoms with van der Waals surface area (Å²) < 4.78 is 4.68. The topological polar surface area (TPSA) is 67.4 Å². The molecule has 0 aliphatic carbocycles. The maximum Gasteiger partial charge on any atom is 0.329 e. The van der Waals surface area contributed by atoms with Crippen LogP contribution in [0.1, 0.15) is 53.4 Å². The van der Waals surface area contributed by atoms with Crippen LogP contribution in [0.25, 0.3) is 0 Å². The van der Waals surface area contributed by atoms with Crippen LogP contribution < -0.4 is 10.6 Å². The molecule has 0 heterocycles. The number of carbonyl (C=O) groups excluding carboxylic acids is 2. The Hall–Kier alpha value is -1.10. The summed E-state index contributed by atoms with van der Waals surface area (Å²) in [7, 11) is 1.33. The highest BCUT2D eigenvalue weighted by Crippen LogP contribution is 2.22. The highest BCUT2D eigenvalue weighted by Gasteiger charge is 2.22. The molecule has 1 atom stereocenters. The predicted molar refractivity (Wildman–Crippen MR) is 80.4 cm³/mol. The first-order chi connectivity index (χ1) is 9.32. The molecule has 20 heavy (non-hydrogen) atoms. The van der Waals surface area contributed by atoms with Gasteiger partial charge in [-0.3, -0.25) is 4.79 Å². The van der Waals surface area contributed by atoms with Crippen molar-refractivity contribution in [2.24, 2.45) is 5.41 Å². The van der Waals surface area contributed by atoms with Gasteiger partial charge < -0.3 is 15.4 Å². The lowest BCUT2D eigenvalue weighted by molar-refractivity contribution is -0.144. The van der Waals surface area contributed by atoms with Crippen LogP contribution in [-0.2, 0) is 14.3 Å². The van der Waals surface area contributed by atoms with Gasteiger partial charge in [0.1, 0.15) is 6.04 Å². The van der Waals surface area contributed by atoms with Gasteiger partial charge in [-0.05, 0) is 11.8 Å². The van der Waals surface area contributed by atoms with Crippen LogP contribution in [0.15, 0.2) is 0 Å². The van der Waals surface area contributed by atoms with E-state index in [1.165, 1.54) is 33.3 Å². The van der Waals surface area contributed by atoms with Gasteiger partial charge in [0.15, 0.2) is 0 Å². The van der Waals surface area contributed by atoms with Gasteiger partial charge in [-0.15, -0.1) is 0 Å². The Morgan fingerprint density at radius 2 is 1.90 bits per heavy atom. The molecule has 0 spiro atoms. The highest BCUT2D eigenvalue weighted by molar-refractivity contribution is 5.83. The number of hydrogen-bond donors (Lipinski definition) is 2. The van der Waals surface area contributed by atoms with Gasteiger partial charge in [0.2, 0.25) is 5.91 Å². The number of esters is 1. The maximum absolute atomic E-state index is 11.5. The second kappa shape index (κ2) is 9.75. The molecule has 0 bridgehead atoms. The van der Waals surface area contributed by atoms with E-state index >= 15 is 0 Å². The van der Waals surface area contributed by atoms with Gasteiger partial charge in [0.05, 0.1) is 7.11 Å². The average Bonchev–Trinajstić information content (AvgIpc) is 2.36. The molecule has 0 saturated carbocycles. The smallest absolute Gasteiger partial charge is 0.329 e. The maximum atomic E-state index is 11.5. The zero-order chi connectivity index (χ0) is 15.6. The van der Waals surface area contributed by atoms with Gasteiger partial charge in [-0.1, -0.05) is 40.0 Å². The van der Waals surface area contributed by atoms with Crippen molar-refractivity contribution >= 4 is 11.9 Å². The molecule has 0 aromatic heterocycles. The van der Waals surface area contributed by atoms with Crippen molar-refractivity contribution in [2.75, 3.05) is 20.2 Å². The molecule has 0 saturated heterocycles. The molecule has 118 valence electrons. The Bertz CT molecular complexity index is 303. The minimum atomic E-state index is -0.621. The van der Waals surface area contributed by atoms with Crippen molar-refractivity contribution < 1.29 is 14.3 Å². The summed E-state index contributed by atoms with van der Waals surface area (Å²) in [6.07, 6.45) is 4.84. The number of hydrogen-bond acceptors (Lipinski definition) is 4. The van der Waals surface area contributed by atoms with Crippen LogP contribution in [0.3, 0.4) is 0 Å². The fourth-order valence-electron chi connectivity index (χ4n) is 2.08. The number of unbranched alkanes of at least 4 members (excludes halogenated alkanes) is 2. The van der Waals surface area contributed by atoms with Crippen molar-refractivity contribution in [3.63, 3.8) is 0 Å². The summed E-state index contributed by atoms with van der Waals surface area (Å²) in [6, 6.07) is -0.621. The Kier molecular flexibility index (Phi) is 9.21. The standard InChI is InChI=1S/C15H30N2O3/c1-6-7-8-9-15(3,4)11-16-10-13(14(19)20-5)17-12(2)18/h13,16H,6-11H2,1-5H3,(H,17,18). The number of nitrogens with one attached hydrogen (secondary N) is 2. The number of carbonyl (C=O) groups is 2. The third-order valence-electron chi connectivity index (χ3n) is 3.27. The van der Waals surface area contributed by atoms with Crippen molar-refractivity contribution in [3.05, 3.63) is 0 Å². The van der Waals surface area contributed by atoms with E-state index in [2.05, 4.69) is 36.1 Å². The minimum Gasteiger partial charge on any atom is -0.467 e. The van der Waals surface area contributed by atoms with Crippen LogP contribution in [-0.4, -0.2) is 38.1 Å². The fraction of sp³-hybridized carbons (Fsp3) is 0.867. The molecule has 0 aromatic carbocycles. The van der Waals surface area contributed by atoms with Crippen LogP contribution in [0.2, 0.25) is 0 Å². The average molecular weight is 286 g/mol. The third-order valence-corrected chi connectivity index (χ3v) is 3.27. The number of amides is 1. The first-order valence-electron chi connectivity index (χ1n) is 7.38. The minimum absolute atomic E-state index is 0.187. The molecule has 0 aliphatic heterocycles. The summed E-state index contributed by atoms with van der Waals surface area (Å²) in [5.74, 6) is -0.652. The van der Waals surface area contributed by atoms with E-state index in [-0.39, 0.29) is 11.3 Å². The molecular formula is C15H30N2O3. The fourth-order valence-corrected chi connectivity index (χ4v) is 2.08. The summed E-state index contributed by atoms with van der Waals surface area (Å²) in [5, 5.41) is 5.85. The molecule has 5 nitrogen and oxygen atoms in total. The van der Waals surface area contributed by atoms with E-state index < -0.39 is 12.0 Å². The van der Waals surface area contributed by atoms with Gasteiger partial charge in [-0.2, -0.15) is 0 Å². The van der Waals surface area contributed by atoms with E-state index in [9.17, 15) is 9.59 Å². The van der Waals surface area contributed by atoms with Crippen molar-refractivity contribution in [2.45, 2.75) is 59.4 Å². The van der Waals surface area contributed by atoms with E-state index in [4.69, 9.17) is 0 Å². The molecule has 0 aromatic rings. The number of rotatable bonds is 10. The molecule has 0 rings (SSSR count). The first-order valence-corrected chi connectivity index (χ1v) is 7.38. The lowest BCUT2D eigenvalue weighted by Gasteiger charge is -2.26. The van der Waals surface area contributed by atoms with Gasteiger partial charge >= 0.3 is 5.97 Å². The van der Waals surface area contributed by atoms with Crippen LogP contribution in [0.4, 0.5) is 0 Å². The van der Waals surface area contributed by atoms with Crippen LogP contribution in [0, 0.1) is 5.41 Å². The molecule has 1 unspecified atom stereocenters. The lowest BCUT2D eigenvalue weighted by atomic mass is 9.87. The van der Waals surface area contributed by atoms with Gasteiger partial charge in [0.25, 0.3) is 0 Å². The second-order valence-corrected chi connectivity index (χ2v) is 6.03. The molecule has 0 aliphatic rings. The normalized spacial score (nSPS) is 12.8. The van der Waals surface area contributed by atoms with E-state index in [0.717, 1.165) is 13.0 Å². The Morgan fingerprint density at radius 1 is 1.25 bits per heavy atom. The predicted octanol–water partition coefficient (Wildman–Crippen LogP) is 1.86. The van der Waals surface area contributed by atoms with Gasteiger partial charge in [0, 0.05) is 20.0 Å². The van der Waals surface area contributed by atoms with Crippen molar-refractivity contribution in [1.29, 1.82) is 0 Å². The quantitative estimate of drug-likeness (QED) is 0.475. The summed E-state index contributed by atoms with van der Waals surface area (Å²) in [4.78, 5) is 22.6.